The maximum Gasteiger partial charge on any atom is 0.393 e. The summed E-state index contributed by atoms with van der Waals surface area (Å²) in [4.78, 5) is 31.5. The van der Waals surface area contributed by atoms with Crippen molar-refractivity contribution in [3.05, 3.63) is 35.8 Å². The highest BCUT2D eigenvalue weighted by Gasteiger charge is 2.54. The Kier molecular flexibility index (Phi) is 5.64. The second-order valence-electron chi connectivity index (χ2n) is 10.8. The normalized spacial score (nSPS) is 28.4. The van der Waals surface area contributed by atoms with Crippen LogP contribution in [0.2, 0.25) is 0 Å². The number of fused-ring (bicyclic) bond motifs is 3. The predicted molar refractivity (Wildman–Crippen MR) is 120 cm³/mol. The molecule has 1 saturated heterocycles. The lowest BCUT2D eigenvalue weighted by Gasteiger charge is -2.60. The van der Waals surface area contributed by atoms with Gasteiger partial charge in [0.2, 0.25) is 0 Å². The third-order valence-corrected chi connectivity index (χ3v) is 8.64. The van der Waals surface area contributed by atoms with E-state index in [-0.39, 0.29) is 31.1 Å². The predicted octanol–water partition coefficient (Wildman–Crippen LogP) is 4.55. The van der Waals surface area contributed by atoms with E-state index in [0.29, 0.717) is 41.6 Å². The molecule has 4 aliphatic rings. The van der Waals surface area contributed by atoms with Crippen molar-refractivity contribution >= 4 is 17.5 Å². The summed E-state index contributed by atoms with van der Waals surface area (Å²) in [5.74, 6) is -0.399. The fourth-order valence-electron chi connectivity index (χ4n) is 6.41. The van der Waals surface area contributed by atoms with Gasteiger partial charge in [-0.2, -0.15) is 13.2 Å². The highest BCUT2D eigenvalue weighted by molar-refractivity contribution is 5.95. The first-order valence-corrected chi connectivity index (χ1v) is 12.2. The molecule has 2 bridgehead atoms. The van der Waals surface area contributed by atoms with Crippen molar-refractivity contribution in [2.75, 3.05) is 19.6 Å². The van der Waals surface area contributed by atoms with Gasteiger partial charge in [0.15, 0.2) is 0 Å². The SMILES string of the molecule is CC1(C)[C@H]2CC[C@@H](CNC(=O)c3cccc4nc(C(=O)N5CCCC(C(F)(F)F)C5)cn34)[C@H]1C2. The molecule has 1 unspecified atom stereocenters. The van der Waals surface area contributed by atoms with Gasteiger partial charge in [-0.1, -0.05) is 19.9 Å². The van der Waals surface area contributed by atoms with E-state index in [1.54, 1.807) is 22.6 Å². The molecule has 2 aromatic rings. The number of hydrogen-bond donors (Lipinski definition) is 1. The summed E-state index contributed by atoms with van der Waals surface area (Å²) < 4.78 is 41.0. The number of imidazole rings is 1. The third kappa shape index (κ3) is 3.96. The molecule has 1 aliphatic heterocycles. The minimum Gasteiger partial charge on any atom is -0.350 e. The number of rotatable bonds is 4. The molecule has 6 rings (SSSR count). The smallest absolute Gasteiger partial charge is 0.350 e. The highest BCUT2D eigenvalue weighted by atomic mass is 19.4. The van der Waals surface area contributed by atoms with Crippen molar-refractivity contribution in [2.24, 2.45) is 29.1 Å². The number of pyridine rings is 1. The molecule has 9 heteroatoms. The van der Waals surface area contributed by atoms with Crippen molar-refractivity contribution in [1.82, 2.24) is 19.6 Å². The summed E-state index contributed by atoms with van der Waals surface area (Å²) in [5, 5.41) is 3.07. The number of likely N-dealkylation sites (tertiary alicyclic amines) is 1. The molecule has 3 aliphatic carbocycles. The molecule has 0 spiro atoms. The first kappa shape index (κ1) is 23.2. The van der Waals surface area contributed by atoms with Crippen LogP contribution in [0.4, 0.5) is 13.2 Å². The van der Waals surface area contributed by atoms with E-state index in [4.69, 9.17) is 0 Å². The van der Waals surface area contributed by atoms with Gasteiger partial charge in [0, 0.05) is 25.8 Å². The van der Waals surface area contributed by atoms with Crippen molar-refractivity contribution in [2.45, 2.75) is 52.1 Å². The Morgan fingerprint density at radius 1 is 1.21 bits per heavy atom. The molecule has 2 aromatic heterocycles. The molecule has 184 valence electrons. The van der Waals surface area contributed by atoms with Crippen LogP contribution >= 0.6 is 0 Å². The van der Waals surface area contributed by atoms with Crippen LogP contribution in [0.25, 0.3) is 5.65 Å². The second-order valence-corrected chi connectivity index (χ2v) is 10.8. The number of piperidine rings is 1. The van der Waals surface area contributed by atoms with Gasteiger partial charge in [0.1, 0.15) is 17.0 Å². The highest BCUT2D eigenvalue weighted by Crippen LogP contribution is 2.61. The summed E-state index contributed by atoms with van der Waals surface area (Å²) in [6, 6.07) is 5.05. The topological polar surface area (TPSA) is 66.7 Å². The number of alkyl halides is 3. The molecule has 4 fully saturated rings. The number of halogens is 3. The van der Waals surface area contributed by atoms with Crippen LogP contribution in [0.5, 0.6) is 0 Å². The zero-order valence-corrected chi connectivity index (χ0v) is 19.6. The maximum absolute atomic E-state index is 13.2. The van der Waals surface area contributed by atoms with Crippen LogP contribution in [0.15, 0.2) is 24.4 Å². The molecule has 0 aromatic carbocycles. The maximum atomic E-state index is 13.2. The zero-order valence-electron chi connectivity index (χ0n) is 19.6. The Hall–Kier alpha value is -2.58. The monoisotopic (exact) mass is 476 g/mol. The average Bonchev–Trinajstić information content (AvgIpc) is 3.26. The Bertz CT molecular complexity index is 1110. The molecular weight excluding hydrogens is 445 g/mol. The molecule has 4 atom stereocenters. The molecule has 0 radical (unpaired) electrons. The van der Waals surface area contributed by atoms with Crippen LogP contribution in [-0.2, 0) is 0 Å². The Labute approximate surface area is 196 Å². The molecule has 3 heterocycles. The second kappa shape index (κ2) is 8.27. The van der Waals surface area contributed by atoms with E-state index in [9.17, 15) is 22.8 Å². The summed E-state index contributed by atoms with van der Waals surface area (Å²) in [7, 11) is 0. The molecular formula is C25H31F3N4O2. The van der Waals surface area contributed by atoms with Crippen LogP contribution in [0.1, 0.15) is 66.9 Å². The minimum atomic E-state index is -4.32. The standard InChI is InChI=1S/C25H31F3N4O2/c1-24(2)16-9-8-15(18(24)11-16)12-29-22(33)20-6-3-7-21-30-19(14-32(20)21)23(34)31-10-4-5-17(13-31)25(26,27)28/h3,6-7,14-18H,4-5,8-13H2,1-2H3,(H,29,33)/t15-,16-,17?,18+/m0/s1. The first-order chi connectivity index (χ1) is 16.1. The third-order valence-electron chi connectivity index (χ3n) is 8.64. The first-order valence-electron chi connectivity index (χ1n) is 12.2. The zero-order chi connectivity index (χ0) is 24.3. The average molecular weight is 477 g/mol. The van der Waals surface area contributed by atoms with Gasteiger partial charge in [-0.25, -0.2) is 4.98 Å². The number of nitrogens with zero attached hydrogens (tertiary/aromatic N) is 3. The van der Waals surface area contributed by atoms with Crippen LogP contribution in [-0.4, -0.2) is 51.9 Å². The van der Waals surface area contributed by atoms with Gasteiger partial charge in [-0.05, 0) is 67.4 Å². The van der Waals surface area contributed by atoms with Crippen LogP contribution < -0.4 is 5.32 Å². The largest absolute Gasteiger partial charge is 0.393 e. The summed E-state index contributed by atoms with van der Waals surface area (Å²) in [5.41, 5.74) is 1.17. The molecule has 2 amide bonds. The summed E-state index contributed by atoms with van der Waals surface area (Å²) in [6.07, 6.45) is 1.04. The van der Waals surface area contributed by atoms with Gasteiger partial charge < -0.3 is 10.2 Å². The van der Waals surface area contributed by atoms with E-state index in [2.05, 4.69) is 24.1 Å². The lowest BCUT2D eigenvalue weighted by molar-refractivity contribution is -0.184. The Morgan fingerprint density at radius 2 is 2.00 bits per heavy atom. The van der Waals surface area contributed by atoms with E-state index >= 15 is 0 Å². The molecule has 34 heavy (non-hydrogen) atoms. The van der Waals surface area contributed by atoms with E-state index in [1.807, 2.05) is 0 Å². The number of carbonyl (C=O) groups is 2. The summed E-state index contributed by atoms with van der Waals surface area (Å²) >= 11 is 0. The number of nitrogens with one attached hydrogen (secondary N) is 1. The van der Waals surface area contributed by atoms with Crippen molar-refractivity contribution < 1.29 is 22.8 Å². The Morgan fingerprint density at radius 3 is 2.71 bits per heavy atom. The van der Waals surface area contributed by atoms with Gasteiger partial charge >= 0.3 is 6.18 Å². The molecule has 3 saturated carbocycles. The van der Waals surface area contributed by atoms with Crippen molar-refractivity contribution in [1.29, 1.82) is 0 Å². The molecule has 1 N–H and O–H groups in total. The van der Waals surface area contributed by atoms with Crippen LogP contribution in [0, 0.1) is 29.1 Å². The van der Waals surface area contributed by atoms with E-state index in [0.717, 1.165) is 12.3 Å². The van der Waals surface area contributed by atoms with Gasteiger partial charge in [0.25, 0.3) is 11.8 Å². The number of amides is 2. The minimum absolute atomic E-state index is 0.0302. The van der Waals surface area contributed by atoms with Gasteiger partial charge in [-0.3, -0.25) is 14.0 Å². The van der Waals surface area contributed by atoms with E-state index in [1.165, 1.54) is 23.9 Å². The lowest BCUT2D eigenvalue weighted by atomic mass is 9.45. The van der Waals surface area contributed by atoms with Gasteiger partial charge in [0.05, 0.1) is 5.92 Å². The van der Waals surface area contributed by atoms with E-state index < -0.39 is 18.0 Å². The fourth-order valence-corrected chi connectivity index (χ4v) is 6.41. The summed E-state index contributed by atoms with van der Waals surface area (Å²) in [6.45, 7) is 5.17. The Balaban J connectivity index is 1.29. The van der Waals surface area contributed by atoms with Crippen molar-refractivity contribution in [3.63, 3.8) is 0 Å². The fraction of sp³-hybridized carbons (Fsp3) is 0.640. The molecule has 6 nitrogen and oxygen atoms in total. The number of hydrogen-bond acceptors (Lipinski definition) is 3. The lowest BCUT2D eigenvalue weighted by Crippen LogP contribution is -2.54. The van der Waals surface area contributed by atoms with Crippen LogP contribution in [0.3, 0.4) is 0 Å². The number of carbonyl (C=O) groups excluding carboxylic acids is 2. The number of aromatic nitrogens is 2. The van der Waals surface area contributed by atoms with Crippen molar-refractivity contribution in [3.8, 4) is 0 Å². The van der Waals surface area contributed by atoms with Gasteiger partial charge in [-0.15, -0.1) is 0 Å². The quantitative estimate of drug-likeness (QED) is 0.704.